The minimum absolute atomic E-state index is 0.406. The average molecular weight is 618 g/mol. The Balaban J connectivity index is 0.000000790. The van der Waals surface area contributed by atoms with Crippen molar-refractivity contribution in [2.24, 2.45) is 0 Å². The Hall–Kier alpha value is -4.75. The molecule has 1 heteroatoms. The molecule has 0 N–H and O–H groups in total. The summed E-state index contributed by atoms with van der Waals surface area (Å²) >= 11 is 0. The van der Waals surface area contributed by atoms with Gasteiger partial charge in [-0.05, 0) is 88.4 Å². The predicted octanol–water partition coefficient (Wildman–Crippen LogP) is 12.3. The van der Waals surface area contributed by atoms with Crippen molar-refractivity contribution in [1.29, 1.82) is 0 Å². The molecule has 5 aromatic carbocycles. The van der Waals surface area contributed by atoms with Crippen LogP contribution in [-0.4, -0.2) is 4.98 Å². The van der Waals surface area contributed by atoms with E-state index in [1.807, 2.05) is 60.0 Å². The van der Waals surface area contributed by atoms with Gasteiger partial charge in [-0.2, -0.15) is 0 Å². The van der Waals surface area contributed by atoms with Crippen LogP contribution in [0.25, 0.3) is 11.1 Å². The molecule has 1 heterocycles. The lowest BCUT2D eigenvalue weighted by Crippen LogP contribution is -2.28. The van der Waals surface area contributed by atoms with Gasteiger partial charge in [-0.1, -0.05) is 174 Å². The number of aryl methyl sites for hydroxylation is 2. The lowest BCUT2D eigenvalue weighted by molar-refractivity contribution is 0.767. The van der Waals surface area contributed by atoms with Gasteiger partial charge in [-0.25, -0.2) is 0 Å². The number of hydrogen-bond acceptors (Lipinski definition) is 1. The van der Waals surface area contributed by atoms with E-state index < -0.39 is 5.41 Å². The predicted molar refractivity (Wildman–Crippen MR) is 204 cm³/mol. The lowest BCUT2D eigenvalue weighted by atomic mass is 9.67. The van der Waals surface area contributed by atoms with Crippen LogP contribution >= 0.6 is 0 Å². The van der Waals surface area contributed by atoms with Gasteiger partial charge in [0.1, 0.15) is 0 Å². The fraction of sp³-hybridized carbons (Fsp3) is 0.239. The fourth-order valence-corrected chi connectivity index (χ4v) is 7.13. The molecule has 1 aromatic heterocycles. The zero-order valence-electron chi connectivity index (χ0n) is 29.6. The molecule has 0 amide bonds. The smallest absolute Gasteiger partial charge is 0.0713 e. The van der Waals surface area contributed by atoms with Crippen LogP contribution < -0.4 is 0 Å². The maximum atomic E-state index is 4.43. The Morgan fingerprint density at radius 2 is 0.936 bits per heavy atom. The standard InChI is InChI=1S/C40H33N.3C2H6/c1-28-22-29(2)24-31(23-28)26-33-14-10-20-37-39(33)38-32(25-30-12-11-21-41-27-30)13-9-19-36(38)40(37,34-15-5-3-6-16-34)35-17-7-4-8-18-35;3*1-2/h3-24,27H,25-26H2,1-2H3;3*1-2H3. The third-order valence-electron chi connectivity index (χ3n) is 8.57. The van der Waals surface area contributed by atoms with Crippen LogP contribution in [0.4, 0.5) is 0 Å². The van der Waals surface area contributed by atoms with Crippen molar-refractivity contribution < 1.29 is 0 Å². The summed E-state index contributed by atoms with van der Waals surface area (Å²) in [6, 6.07) is 47.2. The number of benzene rings is 5. The second-order valence-electron chi connectivity index (χ2n) is 11.4. The minimum atomic E-state index is -0.406. The van der Waals surface area contributed by atoms with Gasteiger partial charge in [0.15, 0.2) is 0 Å². The van der Waals surface area contributed by atoms with E-state index in [0.29, 0.717) is 0 Å². The van der Waals surface area contributed by atoms with Crippen molar-refractivity contribution in [1.82, 2.24) is 4.98 Å². The van der Waals surface area contributed by atoms with Crippen LogP contribution in [0.1, 0.15) is 97.2 Å². The minimum Gasteiger partial charge on any atom is -0.264 e. The summed E-state index contributed by atoms with van der Waals surface area (Å²) in [4.78, 5) is 4.43. The van der Waals surface area contributed by atoms with E-state index in [9.17, 15) is 0 Å². The van der Waals surface area contributed by atoms with Gasteiger partial charge in [-0.3, -0.25) is 4.98 Å². The van der Waals surface area contributed by atoms with E-state index in [-0.39, 0.29) is 0 Å². The number of nitrogens with zero attached hydrogens (tertiary/aromatic N) is 1. The summed E-state index contributed by atoms with van der Waals surface area (Å²) in [6.07, 6.45) is 5.59. The van der Waals surface area contributed by atoms with E-state index in [4.69, 9.17) is 0 Å². The lowest BCUT2D eigenvalue weighted by Gasteiger charge is -2.34. The fourth-order valence-electron chi connectivity index (χ4n) is 7.13. The molecule has 240 valence electrons. The van der Waals surface area contributed by atoms with Gasteiger partial charge >= 0.3 is 0 Å². The summed E-state index contributed by atoms with van der Waals surface area (Å²) in [6.45, 7) is 16.4. The van der Waals surface area contributed by atoms with Gasteiger partial charge < -0.3 is 0 Å². The molecular weight excluding hydrogens is 567 g/mol. The first kappa shape index (κ1) is 35.1. The molecule has 0 fully saturated rings. The van der Waals surface area contributed by atoms with E-state index in [1.54, 1.807) is 0 Å². The van der Waals surface area contributed by atoms with Crippen LogP contribution in [0.15, 0.2) is 140 Å². The second kappa shape index (κ2) is 16.7. The van der Waals surface area contributed by atoms with E-state index in [1.165, 1.54) is 66.8 Å². The molecule has 6 aromatic rings. The van der Waals surface area contributed by atoms with Crippen LogP contribution in [0.5, 0.6) is 0 Å². The Bertz CT molecular complexity index is 1780. The highest BCUT2D eigenvalue weighted by molar-refractivity contribution is 5.90. The number of aromatic nitrogens is 1. The topological polar surface area (TPSA) is 12.9 Å². The third-order valence-corrected chi connectivity index (χ3v) is 8.57. The third kappa shape index (κ3) is 7.00. The molecule has 0 saturated heterocycles. The number of pyridine rings is 1. The molecule has 47 heavy (non-hydrogen) atoms. The van der Waals surface area contributed by atoms with E-state index >= 15 is 0 Å². The second-order valence-corrected chi connectivity index (χ2v) is 11.4. The average Bonchev–Trinajstić information content (AvgIpc) is 3.44. The van der Waals surface area contributed by atoms with Crippen molar-refractivity contribution in [3.63, 3.8) is 0 Å². The maximum Gasteiger partial charge on any atom is 0.0713 e. The quantitative estimate of drug-likeness (QED) is 0.181. The summed E-state index contributed by atoms with van der Waals surface area (Å²) in [5.74, 6) is 0. The molecule has 0 saturated carbocycles. The maximum absolute atomic E-state index is 4.43. The Morgan fingerprint density at radius 3 is 1.38 bits per heavy atom. The largest absolute Gasteiger partial charge is 0.264 e. The van der Waals surface area contributed by atoms with Gasteiger partial charge in [0.05, 0.1) is 5.41 Å². The molecule has 0 unspecified atom stereocenters. The molecule has 1 nitrogen and oxygen atoms in total. The number of fused-ring (bicyclic) bond motifs is 3. The zero-order chi connectivity index (χ0) is 33.8. The molecule has 0 atom stereocenters. The van der Waals surface area contributed by atoms with Crippen molar-refractivity contribution in [3.05, 3.63) is 195 Å². The van der Waals surface area contributed by atoms with Crippen LogP contribution in [-0.2, 0) is 18.3 Å². The highest BCUT2D eigenvalue weighted by atomic mass is 14.6. The Labute approximate surface area is 284 Å². The first-order valence-corrected chi connectivity index (χ1v) is 17.5. The molecule has 7 rings (SSSR count). The van der Waals surface area contributed by atoms with Crippen molar-refractivity contribution in [2.45, 2.75) is 73.6 Å². The van der Waals surface area contributed by atoms with Crippen molar-refractivity contribution in [2.75, 3.05) is 0 Å². The van der Waals surface area contributed by atoms with E-state index in [2.05, 4.69) is 140 Å². The van der Waals surface area contributed by atoms with E-state index in [0.717, 1.165) is 12.8 Å². The normalized spacial score (nSPS) is 11.7. The number of hydrogen-bond donors (Lipinski definition) is 0. The molecule has 0 bridgehead atoms. The van der Waals surface area contributed by atoms with Gasteiger partial charge in [-0.15, -0.1) is 0 Å². The molecule has 0 spiro atoms. The van der Waals surface area contributed by atoms with Crippen LogP contribution in [0, 0.1) is 13.8 Å². The van der Waals surface area contributed by atoms with Crippen LogP contribution in [0.3, 0.4) is 0 Å². The molecule has 1 aliphatic carbocycles. The first-order chi connectivity index (χ1) is 23.1. The highest BCUT2D eigenvalue weighted by Crippen LogP contribution is 2.58. The Kier molecular flexibility index (Phi) is 12.5. The summed E-state index contributed by atoms with van der Waals surface area (Å²) in [5.41, 5.74) is 15.6. The SMILES string of the molecule is CC.CC.CC.Cc1cc(C)cc(Cc2cccc3c2-c2c(Cc4cccnc4)cccc2C3(c2ccccc2)c2ccccc2)c1. The van der Waals surface area contributed by atoms with Crippen LogP contribution in [0.2, 0.25) is 0 Å². The number of rotatable bonds is 6. The Morgan fingerprint density at radius 1 is 0.468 bits per heavy atom. The van der Waals surface area contributed by atoms with Crippen molar-refractivity contribution >= 4 is 0 Å². The zero-order valence-corrected chi connectivity index (χ0v) is 29.6. The highest BCUT2D eigenvalue weighted by Gasteiger charge is 2.47. The molecule has 0 radical (unpaired) electrons. The summed E-state index contributed by atoms with van der Waals surface area (Å²) in [5, 5.41) is 0. The monoisotopic (exact) mass is 617 g/mol. The summed E-state index contributed by atoms with van der Waals surface area (Å²) < 4.78 is 0. The van der Waals surface area contributed by atoms with Gasteiger partial charge in [0, 0.05) is 12.4 Å². The summed E-state index contributed by atoms with van der Waals surface area (Å²) in [7, 11) is 0. The molecule has 1 aliphatic rings. The molecule has 0 aliphatic heterocycles. The van der Waals surface area contributed by atoms with Crippen molar-refractivity contribution in [3.8, 4) is 11.1 Å². The first-order valence-electron chi connectivity index (χ1n) is 17.5. The molecular formula is C46H51N. The van der Waals surface area contributed by atoms with Gasteiger partial charge in [0.2, 0.25) is 0 Å². The van der Waals surface area contributed by atoms with Gasteiger partial charge in [0.25, 0.3) is 0 Å².